The second-order valence-electron chi connectivity index (χ2n) is 6.27. The van der Waals surface area contributed by atoms with Gasteiger partial charge in [0.1, 0.15) is 5.69 Å². The molecule has 0 aliphatic carbocycles. The van der Waals surface area contributed by atoms with Crippen molar-refractivity contribution in [3.05, 3.63) is 41.2 Å². The third-order valence-corrected chi connectivity index (χ3v) is 4.25. The van der Waals surface area contributed by atoms with Crippen LogP contribution < -0.4 is 10.6 Å². The number of halogens is 3. The lowest BCUT2D eigenvalue weighted by molar-refractivity contribution is -0.137. The molecular formula is C17H21F3N6O2. The zero-order valence-corrected chi connectivity index (χ0v) is 15.1. The summed E-state index contributed by atoms with van der Waals surface area (Å²) in [5, 5.41) is 21.4. The average molecular weight is 398 g/mol. The number of alkyl halides is 3. The predicted octanol–water partition coefficient (Wildman–Crippen LogP) is 1.95. The minimum atomic E-state index is -4.45. The minimum Gasteiger partial charge on any atom is -0.379 e. The van der Waals surface area contributed by atoms with E-state index in [1.165, 1.54) is 12.1 Å². The maximum Gasteiger partial charge on any atom is 0.416 e. The molecule has 1 aromatic heterocycles. The van der Waals surface area contributed by atoms with Gasteiger partial charge in [-0.2, -0.15) is 13.2 Å². The topological polar surface area (TPSA) is 99.3 Å². The molecule has 1 aliphatic rings. The standard InChI is InChI=1S/C17H21F3N6O2/c18-17(19,20)12-2-1-3-13(10-12)23-16(21)15-14(24-28-25-15)11-22-4-5-26-6-8-27-9-7-26/h1-3,10,22H,4-9,11H2,(H2,21,23). The van der Waals surface area contributed by atoms with E-state index in [1.807, 2.05) is 0 Å². The predicted molar refractivity (Wildman–Crippen MR) is 95.2 cm³/mol. The van der Waals surface area contributed by atoms with E-state index in [0.29, 0.717) is 18.8 Å². The second kappa shape index (κ2) is 9.13. The zero-order chi connectivity index (χ0) is 20.0. The fourth-order valence-electron chi connectivity index (χ4n) is 2.76. The van der Waals surface area contributed by atoms with E-state index in [2.05, 4.69) is 25.8 Å². The molecule has 0 spiro atoms. The molecule has 0 atom stereocenters. The van der Waals surface area contributed by atoms with E-state index in [9.17, 15) is 13.2 Å². The number of hydrogen-bond donors (Lipinski definition) is 3. The van der Waals surface area contributed by atoms with Crippen LogP contribution in [0.1, 0.15) is 17.0 Å². The number of rotatable bonds is 7. The van der Waals surface area contributed by atoms with Gasteiger partial charge in [-0.25, -0.2) is 4.63 Å². The highest BCUT2D eigenvalue weighted by atomic mass is 19.4. The molecule has 11 heteroatoms. The van der Waals surface area contributed by atoms with Crippen LogP contribution in [0.5, 0.6) is 0 Å². The molecule has 28 heavy (non-hydrogen) atoms. The number of morpholine rings is 1. The number of benzene rings is 1. The highest BCUT2D eigenvalue weighted by Gasteiger charge is 2.30. The molecule has 3 N–H and O–H groups in total. The van der Waals surface area contributed by atoms with Crippen molar-refractivity contribution in [2.45, 2.75) is 12.7 Å². The van der Waals surface area contributed by atoms with Crippen LogP contribution in [-0.4, -0.2) is 60.4 Å². The summed E-state index contributed by atoms with van der Waals surface area (Å²) < 4.78 is 48.4. The first-order valence-corrected chi connectivity index (χ1v) is 8.79. The molecule has 1 aromatic carbocycles. The minimum absolute atomic E-state index is 0.133. The average Bonchev–Trinajstić information content (AvgIpc) is 3.14. The van der Waals surface area contributed by atoms with Crippen molar-refractivity contribution in [3.8, 4) is 0 Å². The molecule has 152 valence electrons. The van der Waals surface area contributed by atoms with E-state index < -0.39 is 11.7 Å². The quantitative estimate of drug-likeness (QED) is 0.372. The van der Waals surface area contributed by atoms with E-state index >= 15 is 0 Å². The van der Waals surface area contributed by atoms with Gasteiger partial charge < -0.3 is 15.4 Å². The molecule has 2 aromatic rings. The molecule has 2 heterocycles. The van der Waals surface area contributed by atoms with Crippen molar-refractivity contribution in [3.63, 3.8) is 0 Å². The van der Waals surface area contributed by atoms with Gasteiger partial charge in [0.25, 0.3) is 0 Å². The first kappa shape index (κ1) is 20.2. The van der Waals surface area contributed by atoms with E-state index in [4.69, 9.17) is 14.8 Å². The van der Waals surface area contributed by atoms with E-state index in [-0.39, 0.29) is 17.2 Å². The molecule has 0 bridgehead atoms. The highest BCUT2D eigenvalue weighted by molar-refractivity contribution is 6.05. The molecule has 0 radical (unpaired) electrons. The van der Waals surface area contributed by atoms with Crippen LogP contribution in [0.25, 0.3) is 0 Å². The van der Waals surface area contributed by atoms with Crippen LogP contribution in [0.2, 0.25) is 0 Å². The molecule has 8 nitrogen and oxygen atoms in total. The normalized spacial score (nSPS) is 15.5. The maximum absolute atomic E-state index is 12.8. The maximum atomic E-state index is 12.8. The Bertz CT molecular complexity index is 789. The van der Waals surface area contributed by atoms with Gasteiger partial charge in [-0.05, 0) is 23.4 Å². The Balaban J connectivity index is 1.53. The van der Waals surface area contributed by atoms with Crippen LogP contribution >= 0.6 is 0 Å². The Labute approximate surface area is 159 Å². The monoisotopic (exact) mass is 398 g/mol. The molecule has 0 unspecified atom stereocenters. The van der Waals surface area contributed by atoms with Crippen LogP contribution in [0.3, 0.4) is 0 Å². The summed E-state index contributed by atoms with van der Waals surface area (Å²) in [6, 6.07) is 4.61. The number of hydrogen-bond acceptors (Lipinski definition) is 7. The van der Waals surface area contributed by atoms with Crippen LogP contribution in [0, 0.1) is 5.41 Å². The van der Waals surface area contributed by atoms with Crippen LogP contribution in [-0.2, 0) is 17.5 Å². The summed E-state index contributed by atoms with van der Waals surface area (Å²) in [5.74, 6) is -0.189. The molecule has 3 rings (SSSR count). The van der Waals surface area contributed by atoms with E-state index in [1.54, 1.807) is 0 Å². The SMILES string of the molecule is N=C(Nc1cccc(C(F)(F)F)c1)c1nonc1CNCCN1CCOCC1. The second-order valence-corrected chi connectivity index (χ2v) is 6.27. The summed E-state index contributed by atoms with van der Waals surface area (Å²) in [5.41, 5.74) is -0.106. The fourth-order valence-corrected chi connectivity index (χ4v) is 2.76. The summed E-state index contributed by atoms with van der Waals surface area (Å²) >= 11 is 0. The molecular weight excluding hydrogens is 377 g/mol. The summed E-state index contributed by atoms with van der Waals surface area (Å²) in [6.07, 6.45) is -4.45. The van der Waals surface area contributed by atoms with Crippen molar-refractivity contribution in [1.29, 1.82) is 5.41 Å². The third-order valence-electron chi connectivity index (χ3n) is 4.25. The Morgan fingerprint density at radius 2 is 2.00 bits per heavy atom. The summed E-state index contributed by atoms with van der Waals surface area (Å²) in [7, 11) is 0. The molecule has 0 saturated carbocycles. The van der Waals surface area contributed by atoms with Crippen molar-refractivity contribution in [1.82, 2.24) is 20.5 Å². The Morgan fingerprint density at radius 3 is 2.75 bits per heavy atom. The molecule has 0 amide bonds. The zero-order valence-electron chi connectivity index (χ0n) is 15.1. The molecule has 1 saturated heterocycles. The lowest BCUT2D eigenvalue weighted by Gasteiger charge is -2.26. The largest absolute Gasteiger partial charge is 0.416 e. The van der Waals surface area contributed by atoms with Crippen LogP contribution in [0.4, 0.5) is 18.9 Å². The van der Waals surface area contributed by atoms with Gasteiger partial charge in [-0.1, -0.05) is 11.2 Å². The highest BCUT2D eigenvalue weighted by Crippen LogP contribution is 2.30. The Kier molecular flexibility index (Phi) is 6.60. The van der Waals surface area contributed by atoms with Crippen molar-refractivity contribution in [2.24, 2.45) is 0 Å². The van der Waals surface area contributed by atoms with Gasteiger partial charge in [0, 0.05) is 38.4 Å². The number of anilines is 1. The van der Waals surface area contributed by atoms with Crippen LogP contribution in [0.15, 0.2) is 28.9 Å². The summed E-state index contributed by atoms with van der Waals surface area (Å²) in [4.78, 5) is 2.27. The van der Waals surface area contributed by atoms with Gasteiger partial charge in [0.05, 0.1) is 18.8 Å². The van der Waals surface area contributed by atoms with Gasteiger partial charge in [-0.15, -0.1) is 0 Å². The number of nitrogens with one attached hydrogen (secondary N) is 3. The van der Waals surface area contributed by atoms with Gasteiger partial charge >= 0.3 is 6.18 Å². The smallest absolute Gasteiger partial charge is 0.379 e. The number of aromatic nitrogens is 2. The molecule has 1 fully saturated rings. The van der Waals surface area contributed by atoms with E-state index in [0.717, 1.165) is 45.0 Å². The first-order valence-electron chi connectivity index (χ1n) is 8.79. The fraction of sp³-hybridized carbons (Fsp3) is 0.471. The van der Waals surface area contributed by atoms with Crippen molar-refractivity contribution < 1.29 is 22.5 Å². The Morgan fingerprint density at radius 1 is 1.21 bits per heavy atom. The number of nitrogens with zero attached hydrogens (tertiary/aromatic N) is 3. The lowest BCUT2D eigenvalue weighted by atomic mass is 10.2. The van der Waals surface area contributed by atoms with Crippen molar-refractivity contribution >= 4 is 11.5 Å². The van der Waals surface area contributed by atoms with Gasteiger partial charge in [0.15, 0.2) is 11.5 Å². The first-order chi connectivity index (χ1) is 13.4. The van der Waals surface area contributed by atoms with Gasteiger partial charge in [0.2, 0.25) is 0 Å². The molecule has 1 aliphatic heterocycles. The number of amidine groups is 1. The third kappa shape index (κ3) is 5.50. The lowest BCUT2D eigenvalue weighted by Crippen LogP contribution is -2.40. The number of ether oxygens (including phenoxy) is 1. The summed E-state index contributed by atoms with van der Waals surface area (Å²) in [6.45, 7) is 5.14. The Hall–Kier alpha value is -2.50. The van der Waals surface area contributed by atoms with Crippen molar-refractivity contribution in [2.75, 3.05) is 44.7 Å². The van der Waals surface area contributed by atoms with Gasteiger partial charge in [-0.3, -0.25) is 10.3 Å².